The van der Waals surface area contributed by atoms with Gasteiger partial charge in [0, 0.05) is 30.5 Å². The molecule has 4 aliphatic heterocycles. The summed E-state index contributed by atoms with van der Waals surface area (Å²) in [6, 6.07) is -0.701. The predicted octanol–water partition coefficient (Wildman–Crippen LogP) is 2.15. The first-order valence-electron chi connectivity index (χ1n) is 11.6. The quantitative estimate of drug-likeness (QED) is 0.511. The van der Waals surface area contributed by atoms with E-state index in [0.29, 0.717) is 26.1 Å². The second-order valence-corrected chi connectivity index (χ2v) is 11.6. The Morgan fingerprint density at radius 1 is 1.19 bits per heavy atom. The number of hydrogen-bond donors (Lipinski definition) is 1. The van der Waals surface area contributed by atoms with E-state index in [0.717, 1.165) is 19.3 Å². The molecular weight excluding hydrogens is 428 g/mol. The Labute approximate surface area is 194 Å². The maximum atomic E-state index is 13.9. The first kappa shape index (κ1) is 23.4. The second-order valence-electron chi connectivity index (χ2n) is 10.1. The van der Waals surface area contributed by atoms with Gasteiger partial charge in [0.15, 0.2) is 0 Å². The first-order valence-corrected chi connectivity index (χ1v) is 12.5. The number of hydrogen-bond acceptors (Lipinski definition) is 6. The van der Waals surface area contributed by atoms with Gasteiger partial charge in [0.05, 0.1) is 23.2 Å². The van der Waals surface area contributed by atoms with Crippen molar-refractivity contribution in [2.75, 3.05) is 26.3 Å². The molecule has 4 rings (SSSR count). The van der Waals surface area contributed by atoms with E-state index in [2.05, 4.69) is 6.08 Å². The predicted molar refractivity (Wildman–Crippen MR) is 123 cm³/mol. The van der Waals surface area contributed by atoms with Crippen molar-refractivity contribution in [3.05, 3.63) is 24.3 Å². The van der Waals surface area contributed by atoms with Crippen molar-refractivity contribution < 1.29 is 24.2 Å². The van der Waals surface area contributed by atoms with Crippen LogP contribution in [0.15, 0.2) is 24.3 Å². The molecule has 1 spiro atoms. The standard InChI is InChI=1S/C24H34N2O5S/c1-23(2,3)26-13-8-11-24-18(20(28)25(12-9-14-27)19(24)21(26)29)17-16(32-24)10-6-4-5-7-15-31-22(17)30/h6,8,10-11,16-19,27H,4-5,7,9,12-15H2,1-3H3/b10-6-/t16-,17+,18+,19?,24+/m1/s1. The maximum absolute atomic E-state index is 13.9. The average molecular weight is 463 g/mol. The molecule has 1 N–H and O–H groups in total. The summed E-state index contributed by atoms with van der Waals surface area (Å²) >= 11 is 1.56. The number of amides is 2. The molecule has 1 unspecified atom stereocenters. The fourth-order valence-electron chi connectivity index (χ4n) is 5.50. The van der Waals surface area contributed by atoms with E-state index in [1.807, 2.05) is 43.9 Å². The molecule has 4 aliphatic rings. The fraction of sp³-hybridized carbons (Fsp3) is 0.708. The number of carbonyl (C=O) groups excluding carboxylic acids is 3. The van der Waals surface area contributed by atoms with Gasteiger partial charge in [-0.25, -0.2) is 0 Å². The van der Waals surface area contributed by atoms with Crippen LogP contribution in [0.1, 0.15) is 46.5 Å². The average Bonchev–Trinajstić information content (AvgIpc) is 3.10. The first-order chi connectivity index (χ1) is 15.2. The smallest absolute Gasteiger partial charge is 0.311 e. The van der Waals surface area contributed by atoms with Crippen molar-refractivity contribution in [3.8, 4) is 0 Å². The number of cyclic esters (lactones) is 1. The highest BCUT2D eigenvalue weighted by atomic mass is 32.2. The van der Waals surface area contributed by atoms with Crippen molar-refractivity contribution >= 4 is 29.5 Å². The Bertz CT molecular complexity index is 835. The molecule has 0 bridgehead atoms. The number of allylic oxidation sites excluding steroid dienone is 1. The summed E-state index contributed by atoms with van der Waals surface area (Å²) in [5, 5.41) is 9.22. The minimum atomic E-state index is -0.823. The van der Waals surface area contributed by atoms with Crippen LogP contribution in [0.3, 0.4) is 0 Å². The molecule has 32 heavy (non-hydrogen) atoms. The highest BCUT2D eigenvalue weighted by Gasteiger charge is 2.71. The van der Waals surface area contributed by atoms with E-state index < -0.39 is 28.2 Å². The number of carbonyl (C=O) groups is 3. The van der Waals surface area contributed by atoms with E-state index in [9.17, 15) is 19.5 Å². The van der Waals surface area contributed by atoms with Crippen LogP contribution in [0.5, 0.6) is 0 Å². The second kappa shape index (κ2) is 8.86. The normalized spacial score (nSPS) is 36.3. The van der Waals surface area contributed by atoms with Gasteiger partial charge in [-0.05, 0) is 46.5 Å². The minimum absolute atomic E-state index is 0.0643. The molecule has 0 aromatic rings. The number of nitrogens with zero attached hydrogens (tertiary/aromatic N) is 2. The third-order valence-corrected chi connectivity index (χ3v) is 8.71. The van der Waals surface area contributed by atoms with E-state index >= 15 is 0 Å². The van der Waals surface area contributed by atoms with Gasteiger partial charge in [0.2, 0.25) is 11.8 Å². The zero-order valence-corrected chi connectivity index (χ0v) is 20.0. The zero-order chi connectivity index (χ0) is 23.1. The summed E-state index contributed by atoms with van der Waals surface area (Å²) in [4.78, 5) is 44.4. The topological polar surface area (TPSA) is 87.2 Å². The van der Waals surface area contributed by atoms with E-state index in [1.54, 1.807) is 16.7 Å². The van der Waals surface area contributed by atoms with Gasteiger partial charge in [-0.2, -0.15) is 0 Å². The van der Waals surface area contributed by atoms with Crippen molar-refractivity contribution in [2.45, 2.75) is 68.0 Å². The number of aliphatic hydroxyl groups excluding tert-OH is 1. The summed E-state index contributed by atoms with van der Waals surface area (Å²) in [5.41, 5.74) is -0.406. The molecule has 4 heterocycles. The van der Waals surface area contributed by atoms with Gasteiger partial charge in [-0.1, -0.05) is 24.3 Å². The molecule has 2 fully saturated rings. The molecule has 0 aliphatic carbocycles. The highest BCUT2D eigenvalue weighted by Crippen LogP contribution is 2.60. The van der Waals surface area contributed by atoms with Crippen molar-refractivity contribution in [2.24, 2.45) is 11.8 Å². The highest BCUT2D eigenvalue weighted by molar-refractivity contribution is 8.02. The van der Waals surface area contributed by atoms with Crippen LogP contribution in [-0.4, -0.2) is 80.6 Å². The summed E-state index contributed by atoms with van der Waals surface area (Å²) in [6.45, 7) is 7.03. The number of fused-ring (bicyclic) bond motifs is 2. The van der Waals surface area contributed by atoms with Crippen LogP contribution in [0.2, 0.25) is 0 Å². The van der Waals surface area contributed by atoms with Gasteiger partial charge in [-0.3, -0.25) is 14.4 Å². The van der Waals surface area contributed by atoms with E-state index in [1.165, 1.54) is 0 Å². The molecule has 0 saturated carbocycles. The zero-order valence-electron chi connectivity index (χ0n) is 19.2. The SMILES string of the molecule is CC(C)(C)N1CC=C[C@]23S[C@@H]4/C=C\CCCCOC(=O)[C@@H]4[C@H]2C(=O)N(CCCO)C3C1=O. The van der Waals surface area contributed by atoms with Gasteiger partial charge in [-0.15, -0.1) is 11.8 Å². The van der Waals surface area contributed by atoms with Gasteiger partial charge < -0.3 is 19.6 Å². The lowest BCUT2D eigenvalue weighted by atomic mass is 9.78. The number of esters is 1. The number of ether oxygens (including phenoxy) is 1. The monoisotopic (exact) mass is 462 g/mol. The minimum Gasteiger partial charge on any atom is -0.465 e. The maximum Gasteiger partial charge on any atom is 0.311 e. The van der Waals surface area contributed by atoms with Crippen LogP contribution in [0.4, 0.5) is 0 Å². The van der Waals surface area contributed by atoms with Crippen molar-refractivity contribution in [3.63, 3.8) is 0 Å². The van der Waals surface area contributed by atoms with Crippen molar-refractivity contribution in [1.29, 1.82) is 0 Å². The van der Waals surface area contributed by atoms with Crippen LogP contribution in [0.25, 0.3) is 0 Å². The van der Waals surface area contributed by atoms with E-state index in [-0.39, 0.29) is 29.6 Å². The molecule has 0 aromatic carbocycles. The van der Waals surface area contributed by atoms with Crippen LogP contribution >= 0.6 is 11.8 Å². The van der Waals surface area contributed by atoms with Crippen LogP contribution in [-0.2, 0) is 19.1 Å². The van der Waals surface area contributed by atoms with Gasteiger partial charge in [0.25, 0.3) is 0 Å². The van der Waals surface area contributed by atoms with E-state index in [4.69, 9.17) is 4.74 Å². The molecular formula is C24H34N2O5S. The Kier molecular flexibility index (Phi) is 6.47. The number of thioether (sulfide) groups is 1. The third kappa shape index (κ3) is 3.79. The molecule has 176 valence electrons. The van der Waals surface area contributed by atoms with Gasteiger partial charge >= 0.3 is 5.97 Å². The number of likely N-dealkylation sites (tertiary alicyclic amines) is 1. The molecule has 0 aromatic heterocycles. The molecule has 0 radical (unpaired) electrons. The van der Waals surface area contributed by atoms with Crippen molar-refractivity contribution in [1.82, 2.24) is 9.80 Å². The molecule has 5 atom stereocenters. The largest absolute Gasteiger partial charge is 0.465 e. The molecule has 8 heteroatoms. The Morgan fingerprint density at radius 3 is 2.69 bits per heavy atom. The Hall–Kier alpha value is -1.80. The Morgan fingerprint density at radius 2 is 1.97 bits per heavy atom. The molecule has 2 amide bonds. The lowest BCUT2D eigenvalue weighted by molar-refractivity contribution is -0.153. The number of aliphatic hydroxyl groups is 1. The molecule has 2 saturated heterocycles. The third-order valence-electron chi connectivity index (χ3n) is 6.97. The van der Waals surface area contributed by atoms with Crippen LogP contribution < -0.4 is 0 Å². The lowest BCUT2D eigenvalue weighted by Crippen LogP contribution is -2.57. The summed E-state index contributed by atoms with van der Waals surface area (Å²) in [5.74, 6) is -1.89. The lowest BCUT2D eigenvalue weighted by Gasteiger charge is -2.40. The van der Waals surface area contributed by atoms with Crippen LogP contribution in [0, 0.1) is 11.8 Å². The fourth-order valence-corrected chi connectivity index (χ4v) is 7.50. The molecule has 7 nitrogen and oxygen atoms in total. The van der Waals surface area contributed by atoms with Gasteiger partial charge in [0.1, 0.15) is 6.04 Å². The Balaban J connectivity index is 1.81. The summed E-state index contributed by atoms with van der Waals surface area (Å²) in [6.07, 6.45) is 11.2. The number of rotatable bonds is 3. The summed E-state index contributed by atoms with van der Waals surface area (Å²) < 4.78 is 4.78. The summed E-state index contributed by atoms with van der Waals surface area (Å²) in [7, 11) is 0.